The third-order valence-electron chi connectivity index (χ3n) is 5.28. The molecule has 0 unspecified atom stereocenters. The number of hydrogen-bond donors (Lipinski definition) is 3. The number of amides is 1. The summed E-state index contributed by atoms with van der Waals surface area (Å²) in [7, 11) is 0. The Labute approximate surface area is 192 Å². The van der Waals surface area contributed by atoms with Gasteiger partial charge in [0.15, 0.2) is 11.5 Å². The largest absolute Gasteiger partial charge is 0.390 e. The Kier molecular flexibility index (Phi) is 6.43. The molecule has 34 heavy (non-hydrogen) atoms. The first-order valence-corrected chi connectivity index (χ1v) is 10.5. The van der Waals surface area contributed by atoms with Crippen LogP contribution in [0.5, 0.6) is 0 Å². The molecule has 2 heterocycles. The highest BCUT2D eigenvalue weighted by Gasteiger charge is 2.39. The number of aliphatic hydroxyl groups is 1. The number of halogens is 4. The SMILES string of the molecule is Cc1cc(-c2cnc3c(NCCC(F)(F)F)nc(C#CCO)cn23)ccc1C(=O)N[C@H]1C[C@@H]1F. The number of nitrogens with zero attached hydrogens (tertiary/aromatic N) is 3. The summed E-state index contributed by atoms with van der Waals surface area (Å²) in [4.78, 5) is 20.9. The first-order valence-electron chi connectivity index (χ1n) is 10.5. The quantitative estimate of drug-likeness (QED) is 0.376. The molecule has 0 aliphatic heterocycles. The number of benzene rings is 1. The normalized spacial score (nSPS) is 17.2. The fourth-order valence-corrected chi connectivity index (χ4v) is 3.47. The number of aromatic nitrogens is 3. The molecule has 4 rings (SSSR count). The maximum absolute atomic E-state index is 13.1. The van der Waals surface area contributed by atoms with E-state index in [4.69, 9.17) is 5.11 Å². The molecule has 2 aromatic heterocycles. The van der Waals surface area contributed by atoms with Crippen LogP contribution in [-0.4, -0.2) is 56.9 Å². The second-order valence-electron chi connectivity index (χ2n) is 7.92. The van der Waals surface area contributed by atoms with Crippen molar-refractivity contribution in [1.29, 1.82) is 0 Å². The Bertz CT molecular complexity index is 1290. The molecule has 1 aliphatic carbocycles. The third kappa shape index (κ3) is 5.28. The van der Waals surface area contributed by atoms with Crippen LogP contribution in [-0.2, 0) is 0 Å². The summed E-state index contributed by atoms with van der Waals surface area (Å²) in [5.41, 5.74) is 2.91. The molecular formula is C23H21F4N5O2. The maximum Gasteiger partial charge on any atom is 0.390 e. The smallest absolute Gasteiger partial charge is 0.384 e. The summed E-state index contributed by atoms with van der Waals surface area (Å²) in [6.07, 6.45) is -2.94. The highest BCUT2D eigenvalue weighted by atomic mass is 19.4. The van der Waals surface area contributed by atoms with Crippen LogP contribution < -0.4 is 10.6 Å². The lowest BCUT2D eigenvalue weighted by Crippen LogP contribution is -2.27. The van der Waals surface area contributed by atoms with Gasteiger partial charge in [-0.25, -0.2) is 14.4 Å². The van der Waals surface area contributed by atoms with Crippen molar-refractivity contribution in [2.75, 3.05) is 18.5 Å². The number of carbonyl (C=O) groups is 1. The molecule has 3 aromatic rings. The first kappa shape index (κ1) is 23.5. The van der Waals surface area contributed by atoms with Crippen molar-refractivity contribution in [2.45, 2.75) is 38.2 Å². The number of carbonyl (C=O) groups excluding carboxylic acids is 1. The number of aliphatic hydroxyl groups excluding tert-OH is 1. The highest BCUT2D eigenvalue weighted by molar-refractivity contribution is 5.96. The predicted octanol–water partition coefficient (Wildman–Crippen LogP) is 3.25. The van der Waals surface area contributed by atoms with Gasteiger partial charge in [0.2, 0.25) is 0 Å². The minimum Gasteiger partial charge on any atom is -0.384 e. The summed E-state index contributed by atoms with van der Waals surface area (Å²) < 4.78 is 52.5. The summed E-state index contributed by atoms with van der Waals surface area (Å²) in [5, 5.41) is 14.3. The maximum atomic E-state index is 13.1. The highest BCUT2D eigenvalue weighted by Crippen LogP contribution is 2.28. The second-order valence-corrected chi connectivity index (χ2v) is 7.92. The number of imidazole rings is 1. The molecule has 1 fully saturated rings. The van der Waals surface area contributed by atoms with E-state index in [2.05, 4.69) is 32.4 Å². The topological polar surface area (TPSA) is 91.6 Å². The van der Waals surface area contributed by atoms with Gasteiger partial charge in [0.05, 0.1) is 24.4 Å². The van der Waals surface area contributed by atoms with Gasteiger partial charge in [-0.3, -0.25) is 9.20 Å². The number of aryl methyl sites for hydroxylation is 1. The zero-order valence-electron chi connectivity index (χ0n) is 18.1. The molecule has 0 radical (unpaired) electrons. The zero-order chi connectivity index (χ0) is 24.5. The number of fused-ring (bicyclic) bond motifs is 1. The minimum absolute atomic E-state index is 0.123. The predicted molar refractivity (Wildman–Crippen MR) is 117 cm³/mol. The molecule has 1 aromatic carbocycles. The van der Waals surface area contributed by atoms with Crippen molar-refractivity contribution in [2.24, 2.45) is 0 Å². The molecule has 11 heteroatoms. The number of alkyl halides is 4. The molecule has 0 saturated heterocycles. The van der Waals surface area contributed by atoms with Crippen LogP contribution >= 0.6 is 0 Å². The summed E-state index contributed by atoms with van der Waals surface area (Å²) >= 11 is 0. The monoisotopic (exact) mass is 475 g/mol. The molecule has 2 atom stereocenters. The molecule has 1 saturated carbocycles. The number of anilines is 1. The van der Waals surface area contributed by atoms with Crippen molar-refractivity contribution >= 4 is 17.4 Å². The number of hydrogen-bond acceptors (Lipinski definition) is 5. The van der Waals surface area contributed by atoms with E-state index in [9.17, 15) is 22.4 Å². The van der Waals surface area contributed by atoms with E-state index in [1.807, 2.05) is 0 Å². The van der Waals surface area contributed by atoms with Crippen LogP contribution in [0.1, 0.15) is 34.5 Å². The van der Waals surface area contributed by atoms with Crippen LogP contribution in [0.15, 0.2) is 30.6 Å². The average Bonchev–Trinajstić information content (AvgIpc) is 3.28. The van der Waals surface area contributed by atoms with Crippen molar-refractivity contribution in [3.8, 4) is 23.1 Å². The molecule has 7 nitrogen and oxygen atoms in total. The molecule has 178 valence electrons. The van der Waals surface area contributed by atoms with E-state index in [1.54, 1.807) is 41.9 Å². The van der Waals surface area contributed by atoms with E-state index >= 15 is 0 Å². The van der Waals surface area contributed by atoms with Crippen molar-refractivity contribution in [1.82, 2.24) is 19.7 Å². The summed E-state index contributed by atoms with van der Waals surface area (Å²) in [6.45, 7) is 0.959. The van der Waals surface area contributed by atoms with Gasteiger partial charge in [0.25, 0.3) is 5.91 Å². The second kappa shape index (κ2) is 9.30. The molecule has 0 bridgehead atoms. The van der Waals surface area contributed by atoms with E-state index < -0.39 is 38.0 Å². The minimum atomic E-state index is -4.33. The van der Waals surface area contributed by atoms with Crippen molar-refractivity contribution in [3.05, 3.63) is 47.4 Å². The van der Waals surface area contributed by atoms with Crippen LogP contribution in [0.2, 0.25) is 0 Å². The molecule has 1 aliphatic rings. The van der Waals surface area contributed by atoms with Gasteiger partial charge in [-0.05, 0) is 30.5 Å². The van der Waals surface area contributed by atoms with E-state index in [0.717, 1.165) is 0 Å². The molecule has 1 amide bonds. The van der Waals surface area contributed by atoms with Crippen molar-refractivity contribution in [3.63, 3.8) is 0 Å². The molecule has 3 N–H and O–H groups in total. The van der Waals surface area contributed by atoms with Gasteiger partial charge >= 0.3 is 6.18 Å². The molecule has 0 spiro atoms. The average molecular weight is 475 g/mol. The van der Waals surface area contributed by atoms with Gasteiger partial charge in [-0.1, -0.05) is 12.0 Å². The standard InChI is InChI=1S/C23H21F4N5O2/c1-13-9-14(4-5-16(13)22(34)31-18-10-17(18)24)19-11-29-21-20(28-7-6-23(25,26)27)30-15(3-2-8-33)12-32(19)21/h4-5,9,11-12,17-18,33H,6-8,10H2,1H3,(H,28,30)(H,31,34)/t17-,18-/m0/s1. The molecular weight excluding hydrogens is 454 g/mol. The van der Waals surface area contributed by atoms with E-state index in [-0.39, 0.29) is 17.4 Å². The Hall–Kier alpha value is -3.65. The first-order chi connectivity index (χ1) is 16.2. The van der Waals surface area contributed by atoms with Gasteiger partial charge in [0, 0.05) is 30.3 Å². The van der Waals surface area contributed by atoms with Gasteiger partial charge < -0.3 is 15.7 Å². The van der Waals surface area contributed by atoms with Gasteiger partial charge in [-0.15, -0.1) is 0 Å². The van der Waals surface area contributed by atoms with Crippen LogP contribution in [0.25, 0.3) is 16.9 Å². The van der Waals surface area contributed by atoms with Crippen LogP contribution in [0.3, 0.4) is 0 Å². The van der Waals surface area contributed by atoms with E-state index in [1.165, 1.54) is 0 Å². The Morgan fingerprint density at radius 3 is 2.76 bits per heavy atom. The summed E-state index contributed by atoms with van der Waals surface area (Å²) in [6, 6.07) is 4.67. The van der Waals surface area contributed by atoms with Gasteiger partial charge in [0.1, 0.15) is 18.5 Å². The lowest BCUT2D eigenvalue weighted by atomic mass is 10.0. The lowest BCUT2D eigenvalue weighted by molar-refractivity contribution is -0.131. The van der Waals surface area contributed by atoms with Crippen molar-refractivity contribution < 1.29 is 27.5 Å². The Morgan fingerprint density at radius 1 is 1.35 bits per heavy atom. The van der Waals surface area contributed by atoms with Gasteiger partial charge in [-0.2, -0.15) is 13.2 Å². The lowest BCUT2D eigenvalue weighted by Gasteiger charge is -2.11. The third-order valence-corrected chi connectivity index (χ3v) is 5.28. The van der Waals surface area contributed by atoms with Crippen LogP contribution in [0, 0.1) is 18.8 Å². The van der Waals surface area contributed by atoms with E-state index in [0.29, 0.717) is 34.5 Å². The fourth-order valence-electron chi connectivity index (χ4n) is 3.47. The summed E-state index contributed by atoms with van der Waals surface area (Å²) in [5.74, 6) is 4.90. The Balaban J connectivity index is 1.67. The fraction of sp³-hybridized carbons (Fsp3) is 0.348. The Morgan fingerprint density at radius 2 is 2.12 bits per heavy atom. The number of nitrogens with one attached hydrogen (secondary N) is 2. The van der Waals surface area contributed by atoms with Crippen LogP contribution in [0.4, 0.5) is 23.4 Å². The zero-order valence-corrected chi connectivity index (χ0v) is 18.1. The number of rotatable bonds is 6.